The number of rotatable bonds is 4. The third kappa shape index (κ3) is 3.83. The molecule has 0 radical (unpaired) electrons. The second kappa shape index (κ2) is 7.92. The van der Waals surface area contributed by atoms with E-state index in [-0.39, 0.29) is 5.91 Å². The molecule has 150 valence electrons. The SMILES string of the molecule is Cc1ccc(-c2cn3ccccc3n2)cc1NC(=O)c1ccc(-c2ccccc2)cc1. The van der Waals surface area contributed by atoms with Crippen molar-refractivity contribution in [3.05, 3.63) is 115 Å². The average Bonchev–Trinajstić information content (AvgIpc) is 3.25. The Kier molecular flexibility index (Phi) is 4.81. The molecular formula is C27H21N3O. The first-order valence-electron chi connectivity index (χ1n) is 10.2. The Morgan fingerprint density at radius 2 is 1.52 bits per heavy atom. The smallest absolute Gasteiger partial charge is 0.255 e. The molecule has 0 saturated heterocycles. The second-order valence-electron chi connectivity index (χ2n) is 7.52. The molecule has 0 aliphatic carbocycles. The highest BCUT2D eigenvalue weighted by atomic mass is 16.1. The molecule has 0 fully saturated rings. The van der Waals surface area contributed by atoms with Crippen LogP contribution in [-0.4, -0.2) is 15.3 Å². The van der Waals surface area contributed by atoms with E-state index in [1.54, 1.807) is 0 Å². The Morgan fingerprint density at radius 1 is 0.806 bits per heavy atom. The number of fused-ring (bicyclic) bond motifs is 1. The number of carbonyl (C=O) groups is 1. The minimum Gasteiger partial charge on any atom is -0.322 e. The molecule has 2 heterocycles. The van der Waals surface area contributed by atoms with Gasteiger partial charge in [-0.2, -0.15) is 0 Å². The van der Waals surface area contributed by atoms with Crippen LogP contribution in [0.2, 0.25) is 0 Å². The summed E-state index contributed by atoms with van der Waals surface area (Å²) in [6.45, 7) is 1.99. The van der Waals surface area contributed by atoms with E-state index in [1.165, 1.54) is 0 Å². The van der Waals surface area contributed by atoms with Crippen molar-refractivity contribution in [1.82, 2.24) is 9.38 Å². The van der Waals surface area contributed by atoms with Crippen molar-refractivity contribution >= 4 is 17.2 Å². The summed E-state index contributed by atoms with van der Waals surface area (Å²) < 4.78 is 1.99. The van der Waals surface area contributed by atoms with Gasteiger partial charge in [-0.1, -0.05) is 60.7 Å². The molecule has 0 spiro atoms. The van der Waals surface area contributed by atoms with Crippen LogP contribution >= 0.6 is 0 Å². The van der Waals surface area contributed by atoms with Crippen molar-refractivity contribution in [2.45, 2.75) is 6.92 Å². The van der Waals surface area contributed by atoms with Crippen molar-refractivity contribution in [2.75, 3.05) is 5.32 Å². The van der Waals surface area contributed by atoms with E-state index in [9.17, 15) is 4.79 Å². The van der Waals surface area contributed by atoms with Crippen LogP contribution in [0, 0.1) is 6.92 Å². The van der Waals surface area contributed by atoms with Crippen LogP contribution < -0.4 is 5.32 Å². The van der Waals surface area contributed by atoms with Crippen molar-refractivity contribution in [3.8, 4) is 22.4 Å². The molecule has 2 aromatic heterocycles. The molecule has 0 aliphatic rings. The molecular weight excluding hydrogens is 382 g/mol. The minimum absolute atomic E-state index is 0.130. The van der Waals surface area contributed by atoms with Crippen LogP contribution in [-0.2, 0) is 0 Å². The molecule has 5 rings (SSSR count). The quantitative estimate of drug-likeness (QED) is 0.387. The molecule has 0 aliphatic heterocycles. The van der Waals surface area contributed by atoms with Crippen LogP contribution in [0.25, 0.3) is 28.0 Å². The van der Waals surface area contributed by atoms with Crippen LogP contribution in [0.4, 0.5) is 5.69 Å². The molecule has 3 aromatic carbocycles. The summed E-state index contributed by atoms with van der Waals surface area (Å²) >= 11 is 0. The zero-order valence-corrected chi connectivity index (χ0v) is 17.1. The molecule has 5 aromatic rings. The van der Waals surface area contributed by atoms with Gasteiger partial charge in [0.1, 0.15) is 5.65 Å². The average molecular weight is 403 g/mol. The van der Waals surface area contributed by atoms with Crippen LogP contribution in [0.15, 0.2) is 103 Å². The van der Waals surface area contributed by atoms with E-state index in [1.807, 2.05) is 103 Å². The summed E-state index contributed by atoms with van der Waals surface area (Å²) in [5.74, 6) is -0.130. The highest BCUT2D eigenvalue weighted by molar-refractivity contribution is 6.05. The summed E-state index contributed by atoms with van der Waals surface area (Å²) in [5, 5.41) is 3.06. The fourth-order valence-electron chi connectivity index (χ4n) is 3.63. The maximum atomic E-state index is 12.9. The molecule has 4 heteroatoms. The third-order valence-corrected chi connectivity index (χ3v) is 5.40. The number of imidazole rings is 1. The fourth-order valence-corrected chi connectivity index (χ4v) is 3.63. The number of pyridine rings is 1. The lowest BCUT2D eigenvalue weighted by Crippen LogP contribution is -2.12. The molecule has 1 N–H and O–H groups in total. The lowest BCUT2D eigenvalue weighted by atomic mass is 10.0. The summed E-state index contributed by atoms with van der Waals surface area (Å²) in [5.41, 5.74) is 7.35. The largest absolute Gasteiger partial charge is 0.322 e. The first-order valence-corrected chi connectivity index (χ1v) is 10.2. The van der Waals surface area contributed by atoms with E-state index in [0.717, 1.165) is 39.3 Å². The molecule has 4 nitrogen and oxygen atoms in total. The molecule has 0 atom stereocenters. The molecule has 0 unspecified atom stereocenters. The summed E-state index contributed by atoms with van der Waals surface area (Å²) in [6.07, 6.45) is 3.97. The molecule has 1 amide bonds. The first-order chi connectivity index (χ1) is 15.2. The second-order valence-corrected chi connectivity index (χ2v) is 7.52. The Hall–Kier alpha value is -4.18. The number of nitrogens with zero attached hydrogens (tertiary/aromatic N) is 2. The zero-order valence-electron chi connectivity index (χ0n) is 17.1. The normalized spacial score (nSPS) is 10.9. The van der Waals surface area contributed by atoms with Gasteiger partial charge in [0.15, 0.2) is 0 Å². The fraction of sp³-hybridized carbons (Fsp3) is 0.0370. The zero-order chi connectivity index (χ0) is 21.2. The first kappa shape index (κ1) is 18.8. The van der Waals surface area contributed by atoms with Gasteiger partial charge < -0.3 is 9.72 Å². The minimum atomic E-state index is -0.130. The summed E-state index contributed by atoms with van der Waals surface area (Å²) in [4.78, 5) is 17.6. The molecule has 0 bridgehead atoms. The highest BCUT2D eigenvalue weighted by Crippen LogP contribution is 2.26. The molecule has 0 saturated carbocycles. The topological polar surface area (TPSA) is 46.4 Å². The van der Waals surface area contributed by atoms with Gasteiger partial charge in [0, 0.05) is 29.2 Å². The Morgan fingerprint density at radius 3 is 2.29 bits per heavy atom. The number of carbonyl (C=O) groups excluding carboxylic acids is 1. The lowest BCUT2D eigenvalue weighted by molar-refractivity contribution is 0.102. The number of anilines is 1. The molecule has 31 heavy (non-hydrogen) atoms. The predicted octanol–water partition coefficient (Wildman–Crippen LogP) is 6.23. The van der Waals surface area contributed by atoms with Gasteiger partial charge >= 0.3 is 0 Å². The van der Waals surface area contributed by atoms with Crippen molar-refractivity contribution in [3.63, 3.8) is 0 Å². The number of benzene rings is 3. The van der Waals surface area contributed by atoms with E-state index in [4.69, 9.17) is 0 Å². The number of nitrogens with one attached hydrogen (secondary N) is 1. The summed E-state index contributed by atoms with van der Waals surface area (Å²) in [6, 6.07) is 29.7. The van der Waals surface area contributed by atoms with E-state index >= 15 is 0 Å². The highest BCUT2D eigenvalue weighted by Gasteiger charge is 2.11. The Bertz CT molecular complexity index is 1340. The van der Waals surface area contributed by atoms with E-state index in [2.05, 4.69) is 22.4 Å². The van der Waals surface area contributed by atoms with Gasteiger partial charge in [-0.25, -0.2) is 4.98 Å². The van der Waals surface area contributed by atoms with Crippen molar-refractivity contribution < 1.29 is 4.79 Å². The monoisotopic (exact) mass is 403 g/mol. The van der Waals surface area contributed by atoms with Crippen molar-refractivity contribution in [2.24, 2.45) is 0 Å². The summed E-state index contributed by atoms with van der Waals surface area (Å²) in [7, 11) is 0. The van der Waals surface area contributed by atoms with E-state index < -0.39 is 0 Å². The van der Waals surface area contributed by atoms with Gasteiger partial charge in [-0.15, -0.1) is 0 Å². The maximum Gasteiger partial charge on any atom is 0.255 e. The lowest BCUT2D eigenvalue weighted by Gasteiger charge is -2.11. The number of hydrogen-bond acceptors (Lipinski definition) is 2. The van der Waals surface area contributed by atoms with E-state index in [0.29, 0.717) is 5.56 Å². The van der Waals surface area contributed by atoms with Gasteiger partial charge in [0.05, 0.1) is 5.69 Å². The number of amides is 1. The Labute approximate surface area is 180 Å². The Balaban J connectivity index is 1.39. The van der Waals surface area contributed by atoms with Crippen LogP contribution in [0.3, 0.4) is 0 Å². The number of hydrogen-bond donors (Lipinski definition) is 1. The van der Waals surface area contributed by atoms with Gasteiger partial charge in [0.25, 0.3) is 5.91 Å². The van der Waals surface area contributed by atoms with Crippen LogP contribution in [0.1, 0.15) is 15.9 Å². The standard InChI is InChI=1S/C27H21N3O/c1-19-10-11-23(25-18-30-16-6-5-9-26(30)28-25)17-24(19)29-27(31)22-14-12-21(13-15-22)20-7-3-2-4-8-20/h2-18H,1H3,(H,29,31). The van der Waals surface area contributed by atoms with Gasteiger partial charge in [-0.3, -0.25) is 4.79 Å². The number of aromatic nitrogens is 2. The van der Waals surface area contributed by atoms with Gasteiger partial charge in [-0.05, 0) is 53.9 Å². The maximum absolute atomic E-state index is 12.9. The van der Waals surface area contributed by atoms with Gasteiger partial charge in [0.2, 0.25) is 0 Å². The van der Waals surface area contributed by atoms with Crippen LogP contribution in [0.5, 0.6) is 0 Å². The predicted molar refractivity (Wildman–Crippen MR) is 125 cm³/mol. The number of aryl methyl sites for hydroxylation is 1. The van der Waals surface area contributed by atoms with Crippen molar-refractivity contribution in [1.29, 1.82) is 0 Å². The third-order valence-electron chi connectivity index (χ3n) is 5.40.